The monoisotopic (exact) mass is 209 g/mol. The summed E-state index contributed by atoms with van der Waals surface area (Å²) in [7, 11) is 0. The molecule has 0 spiro atoms. The summed E-state index contributed by atoms with van der Waals surface area (Å²) < 4.78 is 0. The molecule has 0 bridgehead atoms. The highest BCUT2D eigenvalue weighted by Crippen LogP contribution is 2.30. The lowest BCUT2D eigenvalue weighted by Gasteiger charge is -2.26. The first-order valence-corrected chi connectivity index (χ1v) is 6.09. The van der Waals surface area contributed by atoms with Gasteiger partial charge in [-0.1, -0.05) is 12.1 Å². The van der Waals surface area contributed by atoms with Gasteiger partial charge in [0.15, 0.2) is 0 Å². The summed E-state index contributed by atoms with van der Waals surface area (Å²) in [4.78, 5) is 1.35. The molecule has 1 atom stereocenters. The molecule has 2 N–H and O–H groups in total. The van der Waals surface area contributed by atoms with Crippen LogP contribution in [0.1, 0.15) is 17.2 Å². The van der Waals surface area contributed by atoms with Gasteiger partial charge >= 0.3 is 0 Å². The second-order valence-electron chi connectivity index (χ2n) is 3.47. The van der Waals surface area contributed by atoms with E-state index in [1.54, 1.807) is 11.8 Å². The molecule has 1 aromatic rings. The van der Waals surface area contributed by atoms with Crippen molar-refractivity contribution in [2.45, 2.75) is 17.4 Å². The van der Waals surface area contributed by atoms with Crippen LogP contribution in [0, 0.1) is 0 Å². The molecule has 3 heteroatoms. The Hall–Kier alpha value is -0.510. The van der Waals surface area contributed by atoms with Crippen LogP contribution in [0.25, 0.3) is 0 Å². The van der Waals surface area contributed by atoms with E-state index in [4.69, 9.17) is 0 Å². The Labute approximate surface area is 88.7 Å². The standard InChI is InChI=1S/C11H15NOS/c1-14-11-4-2-3-8-9(11)5-6-12-10(8)7-13/h2-4,10,12-13H,5-7H2,1H3. The first-order chi connectivity index (χ1) is 6.86. The highest BCUT2D eigenvalue weighted by atomic mass is 32.2. The number of hydrogen-bond donors (Lipinski definition) is 2. The van der Waals surface area contributed by atoms with Gasteiger partial charge in [0.1, 0.15) is 0 Å². The third kappa shape index (κ3) is 1.67. The fraction of sp³-hybridized carbons (Fsp3) is 0.455. The molecule has 0 aromatic heterocycles. The van der Waals surface area contributed by atoms with Gasteiger partial charge in [0.05, 0.1) is 12.6 Å². The lowest BCUT2D eigenvalue weighted by molar-refractivity contribution is 0.239. The molecule has 0 saturated heterocycles. The van der Waals surface area contributed by atoms with Crippen molar-refractivity contribution in [3.63, 3.8) is 0 Å². The first kappa shape index (κ1) is 10.0. The van der Waals surface area contributed by atoms with Crippen molar-refractivity contribution >= 4 is 11.8 Å². The molecule has 0 saturated carbocycles. The number of hydrogen-bond acceptors (Lipinski definition) is 3. The molecule has 0 aliphatic carbocycles. The Bertz CT molecular complexity index is 327. The van der Waals surface area contributed by atoms with Crippen LogP contribution in [-0.2, 0) is 6.42 Å². The summed E-state index contributed by atoms with van der Waals surface area (Å²) in [5.74, 6) is 0. The molecule has 1 aromatic carbocycles. The number of rotatable bonds is 2. The van der Waals surface area contributed by atoms with E-state index in [1.165, 1.54) is 16.0 Å². The normalized spacial score (nSPS) is 20.6. The van der Waals surface area contributed by atoms with Gasteiger partial charge in [-0.25, -0.2) is 0 Å². The summed E-state index contributed by atoms with van der Waals surface area (Å²) >= 11 is 1.79. The molecule has 1 aliphatic rings. The fourth-order valence-electron chi connectivity index (χ4n) is 2.01. The maximum atomic E-state index is 9.23. The quantitative estimate of drug-likeness (QED) is 0.725. The lowest BCUT2D eigenvalue weighted by Crippen LogP contribution is -2.32. The number of aliphatic hydroxyl groups is 1. The van der Waals surface area contributed by atoms with Gasteiger partial charge in [-0.15, -0.1) is 11.8 Å². The Morgan fingerprint density at radius 3 is 3.14 bits per heavy atom. The van der Waals surface area contributed by atoms with Crippen molar-refractivity contribution in [1.82, 2.24) is 5.32 Å². The Kier molecular flexibility index (Phi) is 3.11. The molecule has 0 amide bonds. The third-order valence-electron chi connectivity index (χ3n) is 2.71. The van der Waals surface area contributed by atoms with Crippen molar-refractivity contribution < 1.29 is 5.11 Å². The van der Waals surface area contributed by atoms with Crippen molar-refractivity contribution in [3.8, 4) is 0 Å². The van der Waals surface area contributed by atoms with Gasteiger partial charge in [-0.3, -0.25) is 0 Å². The second-order valence-corrected chi connectivity index (χ2v) is 4.32. The molecular formula is C11H15NOS. The van der Waals surface area contributed by atoms with Crippen LogP contribution < -0.4 is 5.32 Å². The van der Waals surface area contributed by atoms with Crippen molar-refractivity contribution in [3.05, 3.63) is 29.3 Å². The van der Waals surface area contributed by atoms with Gasteiger partial charge in [0.25, 0.3) is 0 Å². The van der Waals surface area contributed by atoms with Crippen molar-refractivity contribution in [2.24, 2.45) is 0 Å². The highest BCUT2D eigenvalue weighted by molar-refractivity contribution is 7.98. The van der Waals surface area contributed by atoms with Gasteiger partial charge in [0.2, 0.25) is 0 Å². The predicted molar refractivity (Wildman–Crippen MR) is 59.8 cm³/mol. The number of nitrogens with one attached hydrogen (secondary N) is 1. The first-order valence-electron chi connectivity index (χ1n) is 4.87. The molecule has 2 nitrogen and oxygen atoms in total. The van der Waals surface area contributed by atoms with Gasteiger partial charge in [-0.05, 0) is 36.4 Å². The average molecular weight is 209 g/mol. The predicted octanol–water partition coefficient (Wildman–Crippen LogP) is 1.59. The molecule has 1 aliphatic heterocycles. The van der Waals surface area contributed by atoms with Crippen LogP contribution in [-0.4, -0.2) is 24.5 Å². The molecule has 1 heterocycles. The summed E-state index contributed by atoms with van der Waals surface area (Å²) in [6.07, 6.45) is 3.18. The molecule has 2 rings (SSSR count). The number of benzene rings is 1. The van der Waals surface area contributed by atoms with E-state index in [0.29, 0.717) is 0 Å². The molecule has 0 fully saturated rings. The van der Waals surface area contributed by atoms with Crippen LogP contribution in [0.4, 0.5) is 0 Å². The number of aliphatic hydroxyl groups excluding tert-OH is 1. The maximum Gasteiger partial charge on any atom is 0.0626 e. The Morgan fingerprint density at radius 1 is 1.57 bits per heavy atom. The highest BCUT2D eigenvalue weighted by Gasteiger charge is 2.20. The average Bonchev–Trinajstić information content (AvgIpc) is 2.27. The number of fused-ring (bicyclic) bond motifs is 1. The van der Waals surface area contributed by atoms with Gasteiger partial charge in [-0.2, -0.15) is 0 Å². The summed E-state index contributed by atoms with van der Waals surface area (Å²) in [6.45, 7) is 1.15. The minimum Gasteiger partial charge on any atom is -0.394 e. The topological polar surface area (TPSA) is 32.3 Å². The third-order valence-corrected chi connectivity index (χ3v) is 3.54. The van der Waals surface area contributed by atoms with Gasteiger partial charge in [0, 0.05) is 4.90 Å². The molecule has 14 heavy (non-hydrogen) atoms. The largest absolute Gasteiger partial charge is 0.394 e. The minimum absolute atomic E-state index is 0.130. The van der Waals surface area contributed by atoms with Gasteiger partial charge < -0.3 is 10.4 Å². The minimum atomic E-state index is 0.130. The van der Waals surface area contributed by atoms with E-state index in [-0.39, 0.29) is 12.6 Å². The molecule has 1 unspecified atom stereocenters. The van der Waals surface area contributed by atoms with E-state index >= 15 is 0 Å². The maximum absolute atomic E-state index is 9.23. The van der Waals surface area contributed by atoms with Crippen molar-refractivity contribution in [1.29, 1.82) is 0 Å². The second kappa shape index (κ2) is 4.34. The number of thioether (sulfide) groups is 1. The summed E-state index contributed by atoms with van der Waals surface area (Å²) in [5.41, 5.74) is 2.68. The van der Waals surface area contributed by atoms with E-state index < -0.39 is 0 Å². The molecule has 0 radical (unpaired) electrons. The van der Waals surface area contributed by atoms with E-state index in [2.05, 4.69) is 29.8 Å². The summed E-state index contributed by atoms with van der Waals surface area (Å²) in [5, 5.41) is 12.5. The fourth-order valence-corrected chi connectivity index (χ4v) is 2.69. The van der Waals surface area contributed by atoms with Crippen LogP contribution in [0.15, 0.2) is 23.1 Å². The molecular weight excluding hydrogens is 194 g/mol. The van der Waals surface area contributed by atoms with E-state index in [9.17, 15) is 5.11 Å². The smallest absolute Gasteiger partial charge is 0.0626 e. The zero-order chi connectivity index (χ0) is 9.97. The zero-order valence-corrected chi connectivity index (χ0v) is 9.10. The lowest BCUT2D eigenvalue weighted by atomic mass is 9.95. The van der Waals surface area contributed by atoms with Crippen LogP contribution in [0.3, 0.4) is 0 Å². The van der Waals surface area contributed by atoms with Crippen LogP contribution in [0.5, 0.6) is 0 Å². The Balaban J connectivity index is 2.43. The Morgan fingerprint density at radius 2 is 2.43 bits per heavy atom. The van der Waals surface area contributed by atoms with E-state index in [0.717, 1.165) is 13.0 Å². The van der Waals surface area contributed by atoms with Crippen molar-refractivity contribution in [2.75, 3.05) is 19.4 Å². The SMILES string of the molecule is CSc1cccc2c1CCNC2CO. The zero-order valence-electron chi connectivity index (χ0n) is 8.29. The van der Waals surface area contributed by atoms with Crippen LogP contribution >= 0.6 is 11.8 Å². The van der Waals surface area contributed by atoms with E-state index in [1.807, 2.05) is 0 Å². The summed E-state index contributed by atoms with van der Waals surface area (Å²) in [6, 6.07) is 6.47. The van der Waals surface area contributed by atoms with Crippen LogP contribution in [0.2, 0.25) is 0 Å². The molecule has 76 valence electrons.